The first kappa shape index (κ1) is 44.7. The monoisotopic (exact) mass is 929 g/mol. The Morgan fingerprint density at radius 3 is 1.34 bits per heavy atom. The Balaban J connectivity index is 1.07. The number of aromatic nitrogens is 1. The van der Waals surface area contributed by atoms with Gasteiger partial charge in [0.1, 0.15) is 16.7 Å². The van der Waals surface area contributed by atoms with Crippen LogP contribution in [-0.2, 0) is 21.7 Å². The third-order valence-electron chi connectivity index (χ3n) is 14.9. The lowest BCUT2D eigenvalue weighted by atomic mass is 9.86. The van der Waals surface area contributed by atoms with Crippen molar-refractivity contribution in [1.82, 2.24) is 4.40 Å². The fourth-order valence-electron chi connectivity index (χ4n) is 10.9. The standard InChI is InChI=1S/C66H63N3O2/c1-63(2,3)42-18-27-46(28-19-42)67(47-29-20-43(21-30-47)64(4,5)6)50-26-17-40-38-53-56(39-41(40)37-50)71-62-57(53)52-35-36-54(58-59(52)69(62)60-51-15-13-14-16-55(51)70-61(58)60)68(48-31-22-44(23-32-48)65(7,8)9)49-33-24-45(25-34-49)66(10,11)12/h13-39H,1-12H3. The summed E-state index contributed by atoms with van der Waals surface area (Å²) >= 11 is 0. The van der Waals surface area contributed by atoms with Gasteiger partial charge < -0.3 is 18.6 Å². The molecule has 0 aliphatic carbocycles. The van der Waals surface area contributed by atoms with Gasteiger partial charge in [-0.05, 0) is 152 Å². The van der Waals surface area contributed by atoms with Gasteiger partial charge in [-0.3, -0.25) is 4.40 Å². The number of hydrogen-bond acceptors (Lipinski definition) is 4. The predicted molar refractivity (Wildman–Crippen MR) is 302 cm³/mol. The minimum Gasteiger partial charge on any atom is -0.454 e. The molecular formula is C66H63N3O2. The van der Waals surface area contributed by atoms with Gasteiger partial charge in [0.25, 0.3) is 0 Å². The maximum absolute atomic E-state index is 7.19. The molecule has 5 nitrogen and oxygen atoms in total. The molecule has 0 aliphatic rings. The van der Waals surface area contributed by atoms with E-state index < -0.39 is 0 Å². The number of benzene rings is 8. The molecule has 0 spiro atoms. The van der Waals surface area contributed by atoms with Gasteiger partial charge in [-0.15, -0.1) is 0 Å². The van der Waals surface area contributed by atoms with Gasteiger partial charge in [0, 0.05) is 44.6 Å². The van der Waals surface area contributed by atoms with Crippen LogP contribution in [0.3, 0.4) is 0 Å². The van der Waals surface area contributed by atoms with Gasteiger partial charge in [0.2, 0.25) is 5.71 Å². The van der Waals surface area contributed by atoms with E-state index in [1.165, 1.54) is 22.3 Å². The van der Waals surface area contributed by atoms with E-state index in [-0.39, 0.29) is 21.7 Å². The number of rotatable bonds is 6. The van der Waals surface area contributed by atoms with Crippen molar-refractivity contribution in [1.29, 1.82) is 0 Å². The van der Waals surface area contributed by atoms with Crippen molar-refractivity contribution >= 4 is 105 Å². The summed E-state index contributed by atoms with van der Waals surface area (Å²) in [5, 5.41) is 7.73. The summed E-state index contributed by atoms with van der Waals surface area (Å²) in [6, 6.07) is 60.7. The lowest BCUT2D eigenvalue weighted by molar-refractivity contribution is 0.590. The van der Waals surface area contributed by atoms with Crippen molar-refractivity contribution in [3.05, 3.63) is 186 Å². The van der Waals surface area contributed by atoms with E-state index in [2.05, 4.69) is 261 Å². The molecule has 12 rings (SSSR count). The van der Waals surface area contributed by atoms with Crippen LogP contribution in [0.2, 0.25) is 0 Å². The summed E-state index contributed by atoms with van der Waals surface area (Å²) in [4.78, 5) is 4.77. The minimum absolute atomic E-state index is 0.0252. The molecule has 71 heavy (non-hydrogen) atoms. The van der Waals surface area contributed by atoms with Crippen molar-refractivity contribution in [2.24, 2.45) is 0 Å². The highest BCUT2D eigenvalue weighted by Gasteiger charge is 2.31. The molecule has 12 aromatic rings. The lowest BCUT2D eigenvalue weighted by Gasteiger charge is -2.28. The van der Waals surface area contributed by atoms with Gasteiger partial charge in [-0.1, -0.05) is 150 Å². The van der Waals surface area contributed by atoms with Gasteiger partial charge in [0.05, 0.1) is 22.0 Å². The number of para-hydroxylation sites is 1. The van der Waals surface area contributed by atoms with Crippen LogP contribution in [0, 0.1) is 0 Å². The van der Waals surface area contributed by atoms with Crippen molar-refractivity contribution in [2.75, 3.05) is 9.80 Å². The zero-order valence-electron chi connectivity index (χ0n) is 43.2. The Bertz CT molecular complexity index is 3870. The van der Waals surface area contributed by atoms with Crippen molar-refractivity contribution in [2.45, 2.75) is 105 Å². The number of fused-ring (bicyclic) bond motifs is 11. The van der Waals surface area contributed by atoms with Crippen molar-refractivity contribution in [3.63, 3.8) is 0 Å². The molecule has 0 radical (unpaired) electrons. The molecule has 0 amide bonds. The number of nitrogens with zero attached hydrogens (tertiary/aromatic N) is 3. The summed E-state index contributed by atoms with van der Waals surface area (Å²) < 4.78 is 16.5. The molecule has 4 aromatic heterocycles. The molecule has 0 fully saturated rings. The first-order valence-corrected chi connectivity index (χ1v) is 25.2. The maximum Gasteiger partial charge on any atom is 0.213 e. The SMILES string of the molecule is CC(C)(C)c1ccc(N(c2ccc(C(C)(C)C)cc2)c2ccc3cc4c(cc3c2)oc2c4c3ccc(N(c4ccc(C(C)(C)C)cc4)c4ccc(C(C)(C)C)cc4)c4c5oc6ccccc6c5n2c34)cc1. The molecule has 0 aliphatic heterocycles. The molecule has 0 unspecified atom stereocenters. The van der Waals surface area contributed by atoms with Crippen LogP contribution in [-0.4, -0.2) is 4.40 Å². The fourth-order valence-corrected chi connectivity index (χ4v) is 10.9. The summed E-state index contributed by atoms with van der Waals surface area (Å²) in [6.45, 7) is 27.2. The summed E-state index contributed by atoms with van der Waals surface area (Å²) in [5.74, 6) is 0. The maximum atomic E-state index is 7.19. The Hall–Kier alpha value is -7.50. The van der Waals surface area contributed by atoms with E-state index in [4.69, 9.17) is 8.83 Å². The van der Waals surface area contributed by atoms with Crippen molar-refractivity contribution < 1.29 is 8.83 Å². The summed E-state index contributed by atoms with van der Waals surface area (Å²) in [6.07, 6.45) is 0. The van der Waals surface area contributed by atoms with Crippen LogP contribution in [0.1, 0.15) is 105 Å². The van der Waals surface area contributed by atoms with Crippen LogP contribution in [0.15, 0.2) is 173 Å². The first-order valence-electron chi connectivity index (χ1n) is 25.2. The fraction of sp³-hybridized carbons (Fsp3) is 0.242. The molecule has 5 heteroatoms. The first-order chi connectivity index (χ1) is 33.7. The summed E-state index contributed by atoms with van der Waals surface area (Å²) in [5.41, 5.74) is 17.4. The number of hydrogen-bond donors (Lipinski definition) is 0. The zero-order chi connectivity index (χ0) is 49.5. The Labute approximate surface area is 417 Å². The van der Waals surface area contributed by atoms with Gasteiger partial charge in [-0.2, -0.15) is 0 Å². The highest BCUT2D eigenvalue weighted by atomic mass is 16.3. The van der Waals surface area contributed by atoms with Gasteiger partial charge in [-0.25, -0.2) is 0 Å². The van der Waals surface area contributed by atoms with Crippen LogP contribution < -0.4 is 9.80 Å². The average Bonchev–Trinajstić information content (AvgIpc) is 4.06. The van der Waals surface area contributed by atoms with Gasteiger partial charge in [0.15, 0.2) is 5.58 Å². The molecule has 8 aromatic carbocycles. The molecule has 354 valence electrons. The molecule has 4 heterocycles. The molecule has 0 N–H and O–H groups in total. The molecule has 0 saturated carbocycles. The predicted octanol–water partition coefficient (Wildman–Crippen LogP) is 19.6. The normalized spacial score (nSPS) is 13.1. The second-order valence-electron chi connectivity index (χ2n) is 24.0. The van der Waals surface area contributed by atoms with Crippen molar-refractivity contribution in [3.8, 4) is 0 Å². The quantitative estimate of drug-likeness (QED) is 0.166. The highest BCUT2D eigenvalue weighted by molar-refractivity contribution is 6.32. The number of anilines is 6. The topological polar surface area (TPSA) is 37.2 Å². The minimum atomic E-state index is 0.0252. The second-order valence-corrected chi connectivity index (χ2v) is 24.0. The molecule has 0 atom stereocenters. The molecule has 0 saturated heterocycles. The van der Waals surface area contributed by atoms with E-state index in [9.17, 15) is 0 Å². The third-order valence-corrected chi connectivity index (χ3v) is 14.9. The smallest absolute Gasteiger partial charge is 0.213 e. The lowest BCUT2D eigenvalue weighted by Crippen LogP contribution is -2.14. The molecular weight excluding hydrogens is 867 g/mol. The van der Waals surface area contributed by atoms with E-state index >= 15 is 0 Å². The Kier molecular flexibility index (Phi) is 9.76. The van der Waals surface area contributed by atoms with Crippen LogP contribution in [0.4, 0.5) is 34.1 Å². The average molecular weight is 930 g/mol. The van der Waals surface area contributed by atoms with Gasteiger partial charge >= 0.3 is 0 Å². The van der Waals surface area contributed by atoms with E-state index in [0.717, 1.165) is 105 Å². The largest absolute Gasteiger partial charge is 0.454 e. The third kappa shape index (κ3) is 7.26. The Morgan fingerprint density at radius 2 is 0.831 bits per heavy atom. The molecule has 0 bridgehead atoms. The number of furan rings is 2. The van der Waals surface area contributed by atoms with E-state index in [0.29, 0.717) is 0 Å². The van der Waals surface area contributed by atoms with E-state index in [1.54, 1.807) is 0 Å². The van der Waals surface area contributed by atoms with Crippen LogP contribution in [0.5, 0.6) is 0 Å². The summed E-state index contributed by atoms with van der Waals surface area (Å²) in [7, 11) is 0. The van der Waals surface area contributed by atoms with E-state index in [1.807, 2.05) is 0 Å². The van der Waals surface area contributed by atoms with Crippen LogP contribution >= 0.6 is 0 Å². The highest BCUT2D eigenvalue weighted by Crippen LogP contribution is 2.52. The second kappa shape index (κ2) is 15.5. The zero-order valence-corrected chi connectivity index (χ0v) is 43.2. The Morgan fingerprint density at radius 1 is 0.352 bits per heavy atom. The van der Waals surface area contributed by atoms with Crippen LogP contribution in [0.25, 0.3) is 71.2 Å².